The van der Waals surface area contributed by atoms with Crippen LogP contribution in [-0.2, 0) is 4.79 Å². The van der Waals surface area contributed by atoms with Crippen molar-refractivity contribution in [2.75, 3.05) is 13.1 Å². The Morgan fingerprint density at radius 1 is 1.09 bits per heavy atom. The number of amides is 1. The number of rotatable bonds is 5. The molecule has 0 aliphatic carbocycles. The van der Waals surface area contributed by atoms with Crippen molar-refractivity contribution >= 4 is 16.8 Å². The lowest BCUT2D eigenvalue weighted by molar-refractivity contribution is -0.127. The summed E-state index contributed by atoms with van der Waals surface area (Å²) in [5.41, 5.74) is 1.86. The molecule has 0 radical (unpaired) electrons. The number of piperidine rings is 1. The number of likely N-dealkylation sites (tertiary alicyclic amines) is 1. The molecule has 1 aliphatic rings. The predicted molar refractivity (Wildman–Crippen MR) is 122 cm³/mol. The highest BCUT2D eigenvalue weighted by Gasteiger charge is 2.27. The summed E-state index contributed by atoms with van der Waals surface area (Å²) in [7, 11) is 0. The van der Waals surface area contributed by atoms with Crippen LogP contribution >= 0.6 is 0 Å². The van der Waals surface area contributed by atoms with E-state index in [4.69, 9.17) is 9.84 Å². The van der Waals surface area contributed by atoms with Crippen LogP contribution < -0.4 is 4.74 Å². The maximum atomic E-state index is 14.9. The average Bonchev–Trinajstić information content (AvgIpc) is 3.26. The zero-order valence-corrected chi connectivity index (χ0v) is 17.9. The first-order valence-corrected chi connectivity index (χ1v) is 10.8. The van der Waals surface area contributed by atoms with Crippen LogP contribution in [0.4, 0.5) is 4.39 Å². The summed E-state index contributed by atoms with van der Waals surface area (Å²) in [6, 6.07) is 10.9. The minimum Gasteiger partial charge on any atom is -0.457 e. The second-order valence-corrected chi connectivity index (χ2v) is 7.90. The van der Waals surface area contributed by atoms with Gasteiger partial charge in [-0.3, -0.25) is 19.4 Å². The highest BCUT2D eigenvalue weighted by Crippen LogP contribution is 2.34. The summed E-state index contributed by atoms with van der Waals surface area (Å²) in [6.45, 7) is 4.70. The Labute approximate surface area is 190 Å². The second kappa shape index (κ2) is 8.82. The SMILES string of the molecule is C=CC(=O)N1CCC[C@@H](n2nc(-c3ccc(Oc4ccncc4)cc3)c3cncc(F)c32)C1. The molecule has 166 valence electrons. The van der Waals surface area contributed by atoms with Gasteiger partial charge in [0.25, 0.3) is 0 Å². The van der Waals surface area contributed by atoms with E-state index in [-0.39, 0.29) is 11.9 Å². The Hall–Kier alpha value is -4.07. The molecule has 1 aromatic carbocycles. The summed E-state index contributed by atoms with van der Waals surface area (Å²) in [5.74, 6) is 0.804. The standard InChI is InChI=1S/C25H22FN5O2/c1-2-23(32)30-13-3-4-18(16-30)31-25-21(14-28-15-22(25)26)24(29-31)17-5-7-19(8-6-17)33-20-9-11-27-12-10-20/h2,5-12,14-15,18H,1,3-4,13,16H2/t18-/m1/s1. The number of fused-ring (bicyclic) bond motifs is 1. The highest BCUT2D eigenvalue weighted by molar-refractivity contribution is 5.93. The van der Waals surface area contributed by atoms with E-state index in [1.54, 1.807) is 40.3 Å². The molecule has 1 saturated heterocycles. The Bertz CT molecular complexity index is 1300. The first-order chi connectivity index (χ1) is 16.1. The van der Waals surface area contributed by atoms with Gasteiger partial charge < -0.3 is 9.64 Å². The van der Waals surface area contributed by atoms with Gasteiger partial charge in [-0.1, -0.05) is 6.58 Å². The number of aromatic nitrogens is 4. The van der Waals surface area contributed by atoms with E-state index in [0.29, 0.717) is 41.2 Å². The van der Waals surface area contributed by atoms with E-state index in [0.717, 1.165) is 18.4 Å². The molecule has 1 atom stereocenters. The fraction of sp³-hybridized carbons (Fsp3) is 0.200. The van der Waals surface area contributed by atoms with Crippen molar-refractivity contribution in [2.24, 2.45) is 0 Å². The molecule has 0 spiro atoms. The van der Waals surface area contributed by atoms with Crippen LogP contribution in [0.5, 0.6) is 11.5 Å². The number of ether oxygens (including phenoxy) is 1. The van der Waals surface area contributed by atoms with E-state index in [9.17, 15) is 9.18 Å². The third kappa shape index (κ3) is 4.07. The fourth-order valence-corrected chi connectivity index (χ4v) is 4.23. The lowest BCUT2D eigenvalue weighted by Crippen LogP contribution is -2.40. The van der Waals surface area contributed by atoms with E-state index < -0.39 is 5.82 Å². The summed E-state index contributed by atoms with van der Waals surface area (Å²) in [6.07, 6.45) is 9.10. The van der Waals surface area contributed by atoms with Crippen molar-refractivity contribution in [3.05, 3.63) is 79.7 Å². The van der Waals surface area contributed by atoms with E-state index >= 15 is 0 Å². The van der Waals surface area contributed by atoms with Gasteiger partial charge in [0.2, 0.25) is 5.91 Å². The smallest absolute Gasteiger partial charge is 0.246 e. The topological polar surface area (TPSA) is 73.1 Å². The van der Waals surface area contributed by atoms with Gasteiger partial charge in [-0.05, 0) is 55.3 Å². The predicted octanol–water partition coefficient (Wildman–Crippen LogP) is 4.77. The van der Waals surface area contributed by atoms with Gasteiger partial charge in [0.15, 0.2) is 5.82 Å². The lowest BCUT2D eigenvalue weighted by Gasteiger charge is -2.32. The molecule has 4 aromatic rings. The molecule has 0 bridgehead atoms. The molecular formula is C25H22FN5O2. The molecule has 1 amide bonds. The zero-order chi connectivity index (χ0) is 22.8. The summed E-state index contributed by atoms with van der Waals surface area (Å²) < 4.78 is 22.5. The first-order valence-electron chi connectivity index (χ1n) is 10.8. The van der Waals surface area contributed by atoms with Crippen molar-refractivity contribution in [3.63, 3.8) is 0 Å². The molecule has 1 fully saturated rings. The third-order valence-corrected chi connectivity index (χ3v) is 5.81. The van der Waals surface area contributed by atoms with Gasteiger partial charge in [-0.15, -0.1) is 0 Å². The lowest BCUT2D eigenvalue weighted by atomic mass is 10.1. The van der Waals surface area contributed by atoms with Crippen molar-refractivity contribution in [2.45, 2.75) is 18.9 Å². The maximum Gasteiger partial charge on any atom is 0.246 e. The molecule has 1 aliphatic heterocycles. The van der Waals surface area contributed by atoms with Gasteiger partial charge in [0.1, 0.15) is 22.7 Å². The van der Waals surface area contributed by atoms with Crippen LogP contribution in [0.25, 0.3) is 22.2 Å². The molecule has 33 heavy (non-hydrogen) atoms. The molecule has 8 heteroatoms. The Balaban J connectivity index is 1.50. The van der Waals surface area contributed by atoms with Crippen LogP contribution in [0, 0.1) is 5.82 Å². The molecule has 0 saturated carbocycles. The average molecular weight is 443 g/mol. The van der Waals surface area contributed by atoms with Crippen molar-refractivity contribution in [1.82, 2.24) is 24.6 Å². The summed E-state index contributed by atoms with van der Waals surface area (Å²) >= 11 is 0. The van der Waals surface area contributed by atoms with Crippen LogP contribution in [0.15, 0.2) is 73.8 Å². The number of hydrogen-bond donors (Lipinski definition) is 0. The molecule has 5 rings (SSSR count). The van der Waals surface area contributed by atoms with Crippen molar-refractivity contribution < 1.29 is 13.9 Å². The molecule has 7 nitrogen and oxygen atoms in total. The number of nitrogens with zero attached hydrogens (tertiary/aromatic N) is 5. The Kier molecular flexibility index (Phi) is 5.56. The molecule has 3 aromatic heterocycles. The number of carbonyl (C=O) groups excluding carboxylic acids is 1. The largest absolute Gasteiger partial charge is 0.457 e. The first kappa shape index (κ1) is 20.8. The Morgan fingerprint density at radius 3 is 2.61 bits per heavy atom. The maximum absolute atomic E-state index is 14.9. The molecule has 0 N–H and O–H groups in total. The van der Waals surface area contributed by atoms with Crippen molar-refractivity contribution in [3.8, 4) is 22.8 Å². The fourth-order valence-electron chi connectivity index (χ4n) is 4.23. The summed E-state index contributed by atoms with van der Waals surface area (Å²) in [4.78, 5) is 21.9. The molecular weight excluding hydrogens is 421 g/mol. The zero-order valence-electron chi connectivity index (χ0n) is 17.9. The van der Waals surface area contributed by atoms with E-state index in [1.807, 2.05) is 24.3 Å². The number of carbonyl (C=O) groups is 1. The number of pyridine rings is 2. The minimum absolute atomic E-state index is 0.122. The van der Waals surface area contributed by atoms with E-state index in [2.05, 4.69) is 16.5 Å². The molecule has 4 heterocycles. The summed E-state index contributed by atoms with van der Waals surface area (Å²) in [5, 5.41) is 5.43. The van der Waals surface area contributed by atoms with E-state index in [1.165, 1.54) is 12.3 Å². The Morgan fingerprint density at radius 2 is 1.85 bits per heavy atom. The van der Waals surface area contributed by atoms with Crippen LogP contribution in [0.3, 0.4) is 0 Å². The van der Waals surface area contributed by atoms with Gasteiger partial charge in [-0.2, -0.15) is 5.10 Å². The van der Waals surface area contributed by atoms with Crippen LogP contribution in [-0.4, -0.2) is 43.6 Å². The highest BCUT2D eigenvalue weighted by atomic mass is 19.1. The number of hydrogen-bond acceptors (Lipinski definition) is 5. The number of benzene rings is 1. The van der Waals surface area contributed by atoms with Crippen LogP contribution in [0.2, 0.25) is 0 Å². The molecule has 0 unspecified atom stereocenters. The van der Waals surface area contributed by atoms with Gasteiger partial charge in [0, 0.05) is 42.6 Å². The normalized spacial score (nSPS) is 16.0. The third-order valence-electron chi connectivity index (χ3n) is 5.81. The van der Waals surface area contributed by atoms with Crippen LogP contribution in [0.1, 0.15) is 18.9 Å². The van der Waals surface area contributed by atoms with Gasteiger partial charge >= 0.3 is 0 Å². The monoisotopic (exact) mass is 443 g/mol. The quantitative estimate of drug-likeness (QED) is 0.415. The van der Waals surface area contributed by atoms with Gasteiger partial charge in [0.05, 0.1) is 12.2 Å². The van der Waals surface area contributed by atoms with Crippen molar-refractivity contribution in [1.29, 1.82) is 0 Å². The number of halogens is 1. The second-order valence-electron chi connectivity index (χ2n) is 7.90. The van der Waals surface area contributed by atoms with Gasteiger partial charge in [-0.25, -0.2) is 4.39 Å². The minimum atomic E-state index is -0.434.